The lowest BCUT2D eigenvalue weighted by Crippen LogP contribution is -2.04. The molecule has 0 aromatic carbocycles. The molecule has 0 aliphatic heterocycles. The van der Waals surface area contributed by atoms with Crippen LogP contribution in [0, 0.1) is 11.8 Å². The van der Waals surface area contributed by atoms with Gasteiger partial charge in [-0.25, -0.2) is 0 Å². The normalized spacial score (nSPS) is 13.6. The van der Waals surface area contributed by atoms with Crippen molar-refractivity contribution in [2.75, 3.05) is 0 Å². The topological polar surface area (TPSA) is 0 Å². The molecule has 98 valence electrons. The average molecular weight is 234 g/mol. The molecule has 0 saturated carbocycles. The molecule has 0 aliphatic rings. The fourth-order valence-electron chi connectivity index (χ4n) is 2.27. The van der Waals surface area contributed by atoms with E-state index in [9.17, 15) is 0 Å². The molecule has 0 bridgehead atoms. The monoisotopic (exact) mass is 234 g/mol. The zero-order valence-corrected chi connectivity index (χ0v) is 12.4. The van der Waals surface area contributed by atoms with E-state index in [4.69, 9.17) is 0 Å². The van der Waals surface area contributed by atoms with E-state index in [1.54, 1.807) is 0 Å². The Balaban J connectivity index is 4.96. The van der Waals surface area contributed by atoms with Crippen molar-refractivity contribution in [1.82, 2.24) is 0 Å². The molecule has 0 radical (unpaired) electrons. The molecule has 0 rings (SSSR count). The molecule has 0 N–H and O–H groups in total. The van der Waals surface area contributed by atoms with Crippen LogP contribution in [0.15, 0.2) is 36.0 Å². The van der Waals surface area contributed by atoms with E-state index in [0.717, 1.165) is 5.92 Å². The summed E-state index contributed by atoms with van der Waals surface area (Å²) in [5, 5.41) is 0. The SMILES string of the molecule is C=C/C(=C\C(=C/C)C(CCC)CCC)C(C)C. The van der Waals surface area contributed by atoms with Gasteiger partial charge in [0.15, 0.2) is 0 Å². The van der Waals surface area contributed by atoms with Crippen LogP contribution in [0.5, 0.6) is 0 Å². The van der Waals surface area contributed by atoms with Gasteiger partial charge in [0, 0.05) is 0 Å². The highest BCUT2D eigenvalue weighted by molar-refractivity contribution is 5.31. The minimum atomic E-state index is 0.561. The van der Waals surface area contributed by atoms with Gasteiger partial charge < -0.3 is 0 Å². The molecule has 0 aromatic rings. The van der Waals surface area contributed by atoms with Crippen LogP contribution in [-0.4, -0.2) is 0 Å². The van der Waals surface area contributed by atoms with Gasteiger partial charge in [0.05, 0.1) is 0 Å². The standard InChI is InChI=1S/C17H30/c1-7-11-17(12-8-2)16(10-4)13-15(9-3)14(5)6/h9-10,13-14,17H,3,7-8,11-12H2,1-2,4-6H3/b15-13+,16-10+. The van der Waals surface area contributed by atoms with Crippen LogP contribution in [0.2, 0.25) is 0 Å². The van der Waals surface area contributed by atoms with Crippen LogP contribution < -0.4 is 0 Å². The summed E-state index contributed by atoms with van der Waals surface area (Å²) in [4.78, 5) is 0. The highest BCUT2D eigenvalue weighted by Gasteiger charge is 2.11. The van der Waals surface area contributed by atoms with E-state index >= 15 is 0 Å². The Hall–Kier alpha value is -0.780. The van der Waals surface area contributed by atoms with Crippen LogP contribution in [0.1, 0.15) is 60.3 Å². The van der Waals surface area contributed by atoms with Gasteiger partial charge >= 0.3 is 0 Å². The Bertz CT molecular complexity index is 260. The Morgan fingerprint density at radius 3 is 1.88 bits per heavy atom. The van der Waals surface area contributed by atoms with Gasteiger partial charge in [-0.3, -0.25) is 0 Å². The largest absolute Gasteiger partial charge is 0.0988 e. The molecule has 0 saturated heterocycles. The number of hydrogen-bond acceptors (Lipinski definition) is 0. The van der Waals surface area contributed by atoms with Crippen LogP contribution >= 0.6 is 0 Å². The van der Waals surface area contributed by atoms with Crippen molar-refractivity contribution in [3.8, 4) is 0 Å². The van der Waals surface area contributed by atoms with Crippen molar-refractivity contribution in [1.29, 1.82) is 0 Å². The lowest BCUT2D eigenvalue weighted by molar-refractivity contribution is 0.511. The van der Waals surface area contributed by atoms with E-state index in [2.05, 4.69) is 53.3 Å². The van der Waals surface area contributed by atoms with Gasteiger partial charge in [0.2, 0.25) is 0 Å². The Kier molecular flexibility index (Phi) is 8.85. The lowest BCUT2D eigenvalue weighted by atomic mass is 9.87. The van der Waals surface area contributed by atoms with Crippen molar-refractivity contribution >= 4 is 0 Å². The molecule has 0 fully saturated rings. The highest BCUT2D eigenvalue weighted by Crippen LogP contribution is 2.26. The van der Waals surface area contributed by atoms with Gasteiger partial charge in [-0.1, -0.05) is 65.3 Å². The summed E-state index contributed by atoms with van der Waals surface area (Å²) >= 11 is 0. The number of hydrogen-bond donors (Lipinski definition) is 0. The molecule has 0 heteroatoms. The second kappa shape index (κ2) is 9.27. The first-order valence-electron chi connectivity index (χ1n) is 7.10. The predicted molar refractivity (Wildman–Crippen MR) is 80.2 cm³/mol. The quantitative estimate of drug-likeness (QED) is 0.457. The molecule has 0 amide bonds. The minimum absolute atomic E-state index is 0.561. The zero-order chi connectivity index (χ0) is 13.3. The van der Waals surface area contributed by atoms with Crippen molar-refractivity contribution in [3.63, 3.8) is 0 Å². The van der Waals surface area contributed by atoms with E-state index < -0.39 is 0 Å². The second-order valence-corrected chi connectivity index (χ2v) is 5.07. The minimum Gasteiger partial charge on any atom is -0.0988 e. The maximum atomic E-state index is 3.93. The van der Waals surface area contributed by atoms with Gasteiger partial charge in [-0.15, -0.1) is 0 Å². The smallest absolute Gasteiger partial charge is 0.0165 e. The third kappa shape index (κ3) is 5.91. The van der Waals surface area contributed by atoms with E-state index in [0.29, 0.717) is 5.92 Å². The van der Waals surface area contributed by atoms with Crippen molar-refractivity contribution in [2.45, 2.75) is 60.3 Å². The summed E-state index contributed by atoms with van der Waals surface area (Å²) in [5.41, 5.74) is 2.85. The van der Waals surface area contributed by atoms with Crippen LogP contribution in [0.3, 0.4) is 0 Å². The summed E-state index contributed by atoms with van der Waals surface area (Å²) in [6.45, 7) is 15.1. The van der Waals surface area contributed by atoms with Gasteiger partial charge in [0.1, 0.15) is 0 Å². The van der Waals surface area contributed by atoms with Gasteiger partial charge in [-0.2, -0.15) is 0 Å². The Labute approximate surface area is 109 Å². The predicted octanol–water partition coefficient (Wildman–Crippen LogP) is 5.92. The summed E-state index contributed by atoms with van der Waals surface area (Å²) in [6.07, 6.45) is 11.8. The molecule has 0 nitrogen and oxygen atoms in total. The maximum Gasteiger partial charge on any atom is -0.0165 e. The molecule has 0 spiro atoms. The fraction of sp³-hybridized carbons (Fsp3) is 0.647. The van der Waals surface area contributed by atoms with Crippen molar-refractivity contribution in [2.24, 2.45) is 11.8 Å². The Morgan fingerprint density at radius 1 is 1.06 bits per heavy atom. The first kappa shape index (κ1) is 16.2. The van der Waals surface area contributed by atoms with E-state index in [-0.39, 0.29) is 0 Å². The summed E-state index contributed by atoms with van der Waals surface area (Å²) < 4.78 is 0. The first-order chi connectivity index (χ1) is 8.10. The summed E-state index contributed by atoms with van der Waals surface area (Å²) in [5.74, 6) is 1.29. The Morgan fingerprint density at radius 2 is 1.59 bits per heavy atom. The molecular weight excluding hydrogens is 204 g/mol. The fourth-order valence-corrected chi connectivity index (χ4v) is 2.27. The third-order valence-electron chi connectivity index (χ3n) is 3.31. The number of rotatable bonds is 8. The summed E-state index contributed by atoms with van der Waals surface area (Å²) in [6, 6.07) is 0. The third-order valence-corrected chi connectivity index (χ3v) is 3.31. The van der Waals surface area contributed by atoms with Crippen LogP contribution in [0.25, 0.3) is 0 Å². The maximum absolute atomic E-state index is 3.93. The molecule has 0 aliphatic carbocycles. The molecule has 0 aromatic heterocycles. The van der Waals surface area contributed by atoms with Crippen LogP contribution in [0.4, 0.5) is 0 Å². The van der Waals surface area contributed by atoms with Crippen molar-refractivity contribution < 1.29 is 0 Å². The van der Waals surface area contributed by atoms with Gasteiger partial charge in [0.25, 0.3) is 0 Å². The molecule has 0 atom stereocenters. The molecular formula is C17H30. The summed E-state index contributed by atoms with van der Waals surface area (Å²) in [7, 11) is 0. The molecule has 17 heavy (non-hydrogen) atoms. The van der Waals surface area contributed by atoms with E-state index in [1.165, 1.54) is 36.8 Å². The van der Waals surface area contributed by atoms with Crippen LogP contribution in [-0.2, 0) is 0 Å². The van der Waals surface area contributed by atoms with E-state index in [1.807, 2.05) is 6.08 Å². The average Bonchev–Trinajstić information content (AvgIpc) is 2.30. The molecule has 0 heterocycles. The number of allylic oxidation sites excluding steroid dienone is 5. The zero-order valence-electron chi connectivity index (χ0n) is 12.4. The first-order valence-corrected chi connectivity index (χ1v) is 7.10. The lowest BCUT2D eigenvalue weighted by Gasteiger charge is -2.18. The van der Waals surface area contributed by atoms with Gasteiger partial charge in [-0.05, 0) is 42.7 Å². The highest BCUT2D eigenvalue weighted by atomic mass is 14.2. The molecule has 0 unspecified atom stereocenters. The second-order valence-electron chi connectivity index (χ2n) is 5.07. The van der Waals surface area contributed by atoms with Crippen molar-refractivity contribution in [3.05, 3.63) is 36.0 Å².